The van der Waals surface area contributed by atoms with Crippen LogP contribution in [0, 0.1) is 0 Å². The van der Waals surface area contributed by atoms with E-state index in [1.54, 1.807) is 12.4 Å². The fourth-order valence-electron chi connectivity index (χ4n) is 3.11. The molecule has 2 aliphatic heterocycles. The molecule has 2 aliphatic rings. The molecule has 1 atom stereocenters. The van der Waals surface area contributed by atoms with Crippen LogP contribution in [-0.2, 0) is 11.3 Å². The number of rotatable bonds is 4. The van der Waals surface area contributed by atoms with Crippen LogP contribution < -0.4 is 0 Å². The number of hydrogen-bond acceptors (Lipinski definition) is 3. The molecule has 1 unspecified atom stereocenters. The summed E-state index contributed by atoms with van der Waals surface area (Å²) in [4.78, 5) is 15.3. The fraction of sp³-hybridized carbons (Fsp3) is 0.0526. The molecular formula is C19H16N3O2+. The van der Waals surface area contributed by atoms with Crippen LogP contribution in [0.3, 0.4) is 0 Å². The minimum absolute atomic E-state index is 0.180. The maximum atomic E-state index is 11.0. The molecule has 0 saturated heterocycles. The Morgan fingerprint density at radius 2 is 2.04 bits per heavy atom. The quantitative estimate of drug-likeness (QED) is 0.694. The van der Waals surface area contributed by atoms with Crippen LogP contribution in [0.4, 0.5) is 0 Å². The van der Waals surface area contributed by atoms with E-state index in [0.717, 1.165) is 17.5 Å². The standard InChI is InChI=1S/C19H15N3O2/c23-19(24)8-11-22-12-9-20-18(22)7-10-21(22)14-15-5-6-16-3-1-2-4-17(16)13-15/h1-13H,14H2/p+1. The average Bonchev–Trinajstić information content (AvgIpc) is 3.13. The number of fused-ring (bicyclic) bond motifs is 2. The lowest BCUT2D eigenvalue weighted by molar-refractivity contribution is -0.852. The molecule has 0 aliphatic carbocycles. The van der Waals surface area contributed by atoms with Crippen molar-refractivity contribution < 1.29 is 14.5 Å². The first-order valence-electron chi connectivity index (χ1n) is 7.67. The average molecular weight is 318 g/mol. The van der Waals surface area contributed by atoms with E-state index in [9.17, 15) is 4.79 Å². The van der Waals surface area contributed by atoms with Crippen molar-refractivity contribution in [2.45, 2.75) is 6.54 Å². The van der Waals surface area contributed by atoms with Crippen molar-refractivity contribution in [3.8, 4) is 0 Å². The molecule has 0 radical (unpaired) electrons. The highest BCUT2D eigenvalue weighted by Gasteiger charge is 2.42. The molecule has 5 heteroatoms. The number of hydrogen-bond donors (Lipinski definition) is 1. The van der Waals surface area contributed by atoms with Crippen molar-refractivity contribution in [3.05, 3.63) is 85.0 Å². The largest absolute Gasteiger partial charge is 0.478 e. The van der Waals surface area contributed by atoms with E-state index >= 15 is 0 Å². The lowest BCUT2D eigenvalue weighted by Crippen LogP contribution is -2.48. The predicted molar refractivity (Wildman–Crippen MR) is 92.2 cm³/mol. The molecule has 5 nitrogen and oxygen atoms in total. The van der Waals surface area contributed by atoms with Gasteiger partial charge < -0.3 is 5.11 Å². The Morgan fingerprint density at radius 1 is 1.21 bits per heavy atom. The van der Waals surface area contributed by atoms with Gasteiger partial charge in [-0.05, 0) is 22.4 Å². The summed E-state index contributed by atoms with van der Waals surface area (Å²) >= 11 is 0. The molecule has 0 fully saturated rings. The minimum Gasteiger partial charge on any atom is -0.478 e. The van der Waals surface area contributed by atoms with E-state index in [1.165, 1.54) is 10.8 Å². The predicted octanol–water partition coefficient (Wildman–Crippen LogP) is 3.38. The van der Waals surface area contributed by atoms with Gasteiger partial charge >= 0.3 is 5.97 Å². The van der Waals surface area contributed by atoms with E-state index in [-0.39, 0.29) is 4.59 Å². The molecule has 118 valence electrons. The Hall–Kier alpha value is -3.18. The molecule has 0 amide bonds. The number of carboxylic acids is 1. The number of nitrogens with zero attached hydrogens (tertiary/aromatic N) is 3. The highest BCUT2D eigenvalue weighted by atomic mass is 16.4. The Kier molecular flexibility index (Phi) is 3.29. The van der Waals surface area contributed by atoms with Crippen LogP contribution in [0.25, 0.3) is 10.8 Å². The molecular weight excluding hydrogens is 302 g/mol. The first-order valence-corrected chi connectivity index (χ1v) is 7.67. The number of benzene rings is 2. The summed E-state index contributed by atoms with van der Waals surface area (Å²) in [5.74, 6) is -0.187. The van der Waals surface area contributed by atoms with Gasteiger partial charge in [0, 0.05) is 6.08 Å². The monoisotopic (exact) mass is 318 g/mol. The zero-order valence-corrected chi connectivity index (χ0v) is 12.9. The van der Waals surface area contributed by atoms with Crippen molar-refractivity contribution in [3.63, 3.8) is 0 Å². The molecule has 0 spiro atoms. The van der Waals surface area contributed by atoms with Gasteiger partial charge in [-0.15, -0.1) is 4.59 Å². The van der Waals surface area contributed by atoms with E-state index in [0.29, 0.717) is 6.54 Å². The van der Waals surface area contributed by atoms with Gasteiger partial charge in [0.25, 0.3) is 5.84 Å². The normalized spacial score (nSPS) is 21.7. The molecule has 2 heterocycles. The second-order valence-electron chi connectivity index (χ2n) is 5.77. The number of amidine groups is 1. The number of carbonyl (C=O) groups is 1. The smallest absolute Gasteiger partial charge is 0.333 e. The summed E-state index contributed by atoms with van der Waals surface area (Å²) in [7, 11) is 0. The number of aliphatic carboxylic acids is 1. The highest BCUT2D eigenvalue weighted by Crippen LogP contribution is 2.30. The first-order chi connectivity index (χ1) is 11.7. The third-order valence-electron chi connectivity index (χ3n) is 4.29. The molecule has 0 saturated carbocycles. The maximum absolute atomic E-state index is 11.0. The van der Waals surface area contributed by atoms with Crippen LogP contribution >= 0.6 is 0 Å². The number of carboxylic acid groups (broad SMARTS) is 1. The van der Waals surface area contributed by atoms with Gasteiger partial charge in [0.15, 0.2) is 6.20 Å². The number of aliphatic imine (C=N–C) groups is 1. The van der Waals surface area contributed by atoms with Gasteiger partial charge in [0.1, 0.15) is 6.20 Å². The third-order valence-corrected chi connectivity index (χ3v) is 4.29. The van der Waals surface area contributed by atoms with Gasteiger partial charge in [0.05, 0.1) is 25.0 Å². The topological polar surface area (TPSA) is 52.9 Å². The van der Waals surface area contributed by atoms with Crippen molar-refractivity contribution in [2.24, 2.45) is 4.99 Å². The first kappa shape index (κ1) is 14.4. The van der Waals surface area contributed by atoms with Gasteiger partial charge in [-0.1, -0.05) is 36.4 Å². The van der Waals surface area contributed by atoms with Crippen LogP contribution in [-0.4, -0.2) is 26.5 Å². The van der Waals surface area contributed by atoms with E-state index in [1.807, 2.05) is 35.6 Å². The minimum atomic E-state index is -0.972. The summed E-state index contributed by atoms with van der Waals surface area (Å²) in [5.41, 5.74) is 1.15. The Morgan fingerprint density at radius 3 is 2.88 bits per heavy atom. The van der Waals surface area contributed by atoms with Gasteiger partial charge in [-0.25, -0.2) is 9.80 Å². The summed E-state index contributed by atoms with van der Waals surface area (Å²) in [6, 6.07) is 14.6. The van der Waals surface area contributed by atoms with Crippen molar-refractivity contribution in [2.75, 3.05) is 0 Å². The highest BCUT2D eigenvalue weighted by molar-refractivity contribution is 5.91. The van der Waals surface area contributed by atoms with Gasteiger partial charge in [-0.2, -0.15) is 4.99 Å². The molecule has 0 bridgehead atoms. The lowest BCUT2D eigenvalue weighted by atomic mass is 10.1. The molecule has 2 aromatic rings. The third kappa shape index (κ3) is 2.31. The van der Waals surface area contributed by atoms with Crippen LogP contribution in [0.5, 0.6) is 0 Å². The molecule has 4 rings (SSSR count). The summed E-state index contributed by atoms with van der Waals surface area (Å²) < 4.78 is 0.180. The van der Waals surface area contributed by atoms with Crippen molar-refractivity contribution >= 4 is 22.6 Å². The molecule has 1 N–H and O–H groups in total. The van der Waals surface area contributed by atoms with E-state index in [2.05, 4.69) is 35.3 Å². The summed E-state index contributed by atoms with van der Waals surface area (Å²) in [5, 5.41) is 13.4. The second kappa shape index (κ2) is 5.47. The zero-order chi connectivity index (χ0) is 16.6. The van der Waals surface area contributed by atoms with E-state index in [4.69, 9.17) is 5.11 Å². The van der Waals surface area contributed by atoms with E-state index < -0.39 is 5.97 Å². The Labute approximate surface area is 139 Å². The van der Waals surface area contributed by atoms with Crippen LogP contribution in [0.1, 0.15) is 5.56 Å². The van der Waals surface area contributed by atoms with Crippen LogP contribution in [0.2, 0.25) is 0 Å². The zero-order valence-electron chi connectivity index (χ0n) is 12.9. The Balaban J connectivity index is 1.67. The van der Waals surface area contributed by atoms with Crippen molar-refractivity contribution in [1.82, 2.24) is 5.01 Å². The lowest BCUT2D eigenvalue weighted by Gasteiger charge is -2.32. The van der Waals surface area contributed by atoms with Gasteiger partial charge in [0.2, 0.25) is 0 Å². The van der Waals surface area contributed by atoms with Crippen molar-refractivity contribution in [1.29, 1.82) is 0 Å². The van der Waals surface area contributed by atoms with Crippen LogP contribution in [0.15, 0.2) is 84.4 Å². The molecule has 2 aromatic carbocycles. The second-order valence-corrected chi connectivity index (χ2v) is 5.77. The fourth-order valence-corrected chi connectivity index (χ4v) is 3.11. The molecule has 24 heavy (non-hydrogen) atoms. The maximum Gasteiger partial charge on any atom is 0.333 e. The molecule has 0 aromatic heterocycles. The summed E-state index contributed by atoms with van der Waals surface area (Å²) in [6.07, 6.45) is 10.2. The van der Waals surface area contributed by atoms with Gasteiger partial charge in [-0.3, -0.25) is 0 Å². The SMILES string of the molecule is O=C(O)C=C[N+]12C=CN=C1C=CN2Cc1ccc2ccccc2c1. The Bertz CT molecular complexity index is 943. The number of quaternary nitrogens is 1. The summed E-state index contributed by atoms with van der Waals surface area (Å²) in [6.45, 7) is 0.647.